The summed E-state index contributed by atoms with van der Waals surface area (Å²) in [7, 11) is -0.287. The van der Waals surface area contributed by atoms with Gasteiger partial charge in [-0.1, -0.05) is 64.0 Å². The predicted octanol–water partition coefficient (Wildman–Crippen LogP) is 5.96. The second-order valence-corrected chi connectivity index (χ2v) is 5.37. The highest BCUT2D eigenvalue weighted by molar-refractivity contribution is 7.17. The van der Waals surface area contributed by atoms with E-state index in [4.69, 9.17) is 4.52 Å². The van der Waals surface area contributed by atoms with Crippen molar-refractivity contribution in [1.29, 1.82) is 0 Å². The first-order valence-electron chi connectivity index (χ1n) is 7.45. The van der Waals surface area contributed by atoms with Gasteiger partial charge in [-0.05, 0) is 30.5 Å². The van der Waals surface area contributed by atoms with Crippen LogP contribution in [0.1, 0.15) is 63.9 Å². The molecule has 0 radical (unpaired) electrons. The first kappa shape index (κ1) is 16.2. The van der Waals surface area contributed by atoms with E-state index in [1.54, 1.807) is 0 Å². The largest absolute Gasteiger partial charge is 0.408 e. The van der Waals surface area contributed by atoms with Gasteiger partial charge in [-0.3, -0.25) is 0 Å². The highest BCUT2D eigenvalue weighted by Gasteiger charge is 1.96. The van der Waals surface area contributed by atoms with Gasteiger partial charge in [-0.15, -0.1) is 0 Å². The van der Waals surface area contributed by atoms with Gasteiger partial charge in [0.15, 0.2) is 0 Å². The lowest BCUT2D eigenvalue weighted by molar-refractivity contribution is 0.525. The van der Waals surface area contributed by atoms with Crippen molar-refractivity contribution < 1.29 is 9.09 Å². The molecule has 106 valence electrons. The molecular formula is C16H25O2P. The second-order valence-electron chi connectivity index (χ2n) is 5.03. The third kappa shape index (κ3) is 8.00. The molecular weight excluding hydrogens is 255 g/mol. The normalized spacial score (nSPS) is 10.8. The molecule has 0 unspecified atom stereocenters. The van der Waals surface area contributed by atoms with E-state index in [-0.39, 0.29) is 8.69 Å². The number of benzene rings is 1. The van der Waals surface area contributed by atoms with Crippen molar-refractivity contribution in [1.82, 2.24) is 0 Å². The molecule has 0 bridgehead atoms. The van der Waals surface area contributed by atoms with Crippen molar-refractivity contribution in [2.75, 3.05) is 0 Å². The van der Waals surface area contributed by atoms with Gasteiger partial charge in [-0.25, -0.2) is 4.57 Å². The van der Waals surface area contributed by atoms with Crippen LogP contribution in [0.15, 0.2) is 24.3 Å². The molecule has 0 heterocycles. The van der Waals surface area contributed by atoms with Gasteiger partial charge in [0.1, 0.15) is 5.75 Å². The maximum atomic E-state index is 10.3. The molecule has 0 aliphatic heterocycles. The predicted molar refractivity (Wildman–Crippen MR) is 81.0 cm³/mol. The maximum Gasteiger partial charge on any atom is 0.395 e. The molecule has 3 heteroatoms. The Hall–Kier alpha value is -0.880. The van der Waals surface area contributed by atoms with E-state index in [9.17, 15) is 4.57 Å². The summed E-state index contributed by atoms with van der Waals surface area (Å²) in [5, 5.41) is 0. The minimum Gasteiger partial charge on any atom is -0.408 e. The molecule has 0 fully saturated rings. The van der Waals surface area contributed by atoms with Gasteiger partial charge in [0.05, 0.1) is 0 Å². The molecule has 0 spiro atoms. The van der Waals surface area contributed by atoms with Crippen LogP contribution in [-0.4, -0.2) is 0 Å². The van der Waals surface area contributed by atoms with Gasteiger partial charge in [-0.2, -0.15) is 0 Å². The average Bonchev–Trinajstić information content (AvgIpc) is 2.44. The second kappa shape index (κ2) is 11.0. The Kier molecular flexibility index (Phi) is 9.36. The lowest BCUT2D eigenvalue weighted by atomic mass is 10.0. The standard InChI is InChI=1S/C16H25O2P/c1-2-3-4-5-6-7-8-9-10-15-11-13-16(14-12-15)18-19-17/h11-14H,2-10H2,1H3. The van der Waals surface area contributed by atoms with Crippen molar-refractivity contribution in [2.24, 2.45) is 0 Å². The van der Waals surface area contributed by atoms with Crippen molar-refractivity contribution >= 4 is 8.69 Å². The zero-order chi connectivity index (χ0) is 13.8. The molecule has 1 aromatic carbocycles. The van der Waals surface area contributed by atoms with E-state index >= 15 is 0 Å². The summed E-state index contributed by atoms with van der Waals surface area (Å²) in [5.74, 6) is 0.663. The van der Waals surface area contributed by atoms with Gasteiger partial charge >= 0.3 is 8.69 Å². The summed E-state index contributed by atoms with van der Waals surface area (Å²) in [6.45, 7) is 2.26. The van der Waals surface area contributed by atoms with Gasteiger partial charge < -0.3 is 4.52 Å². The molecule has 1 rings (SSSR count). The summed E-state index contributed by atoms with van der Waals surface area (Å²) in [4.78, 5) is 0. The zero-order valence-corrected chi connectivity index (χ0v) is 12.8. The zero-order valence-electron chi connectivity index (χ0n) is 11.9. The molecule has 0 aliphatic rings. The number of rotatable bonds is 11. The van der Waals surface area contributed by atoms with Crippen molar-refractivity contribution in [3.8, 4) is 5.75 Å². The van der Waals surface area contributed by atoms with E-state index < -0.39 is 0 Å². The van der Waals surface area contributed by atoms with Crippen LogP contribution in [0, 0.1) is 0 Å². The first-order chi connectivity index (χ1) is 9.36. The lowest BCUT2D eigenvalue weighted by Crippen LogP contribution is -1.86. The lowest BCUT2D eigenvalue weighted by Gasteiger charge is -2.03. The summed E-state index contributed by atoms with van der Waals surface area (Å²) in [6, 6.07) is 7.87. The molecule has 0 saturated heterocycles. The van der Waals surface area contributed by atoms with E-state index in [0.29, 0.717) is 5.75 Å². The number of aryl methyl sites for hydroxylation is 1. The molecule has 1 aromatic rings. The fourth-order valence-corrected chi connectivity index (χ4v) is 2.43. The molecule has 2 nitrogen and oxygen atoms in total. The van der Waals surface area contributed by atoms with E-state index in [1.165, 1.54) is 56.9 Å². The van der Waals surface area contributed by atoms with E-state index in [2.05, 4.69) is 19.1 Å². The highest BCUT2D eigenvalue weighted by atomic mass is 31.1. The summed E-state index contributed by atoms with van der Waals surface area (Å²) < 4.78 is 15.1. The van der Waals surface area contributed by atoms with Crippen LogP contribution in [0.5, 0.6) is 5.75 Å². The summed E-state index contributed by atoms with van der Waals surface area (Å²) >= 11 is 0. The number of hydrogen-bond acceptors (Lipinski definition) is 2. The van der Waals surface area contributed by atoms with Crippen LogP contribution in [0.25, 0.3) is 0 Å². The van der Waals surface area contributed by atoms with Gasteiger partial charge in [0, 0.05) is 0 Å². The van der Waals surface area contributed by atoms with Crippen LogP contribution < -0.4 is 4.52 Å². The Labute approximate surface area is 118 Å². The molecule has 0 N–H and O–H groups in total. The minimum absolute atomic E-state index is 0.287. The van der Waals surface area contributed by atoms with Gasteiger partial charge in [0.2, 0.25) is 0 Å². The maximum absolute atomic E-state index is 10.3. The number of hydrogen-bond donors (Lipinski definition) is 0. The van der Waals surface area contributed by atoms with E-state index in [0.717, 1.165) is 6.42 Å². The Balaban J connectivity index is 2.04. The van der Waals surface area contributed by atoms with Gasteiger partial charge in [0.25, 0.3) is 0 Å². The summed E-state index contributed by atoms with van der Waals surface area (Å²) in [6.07, 6.45) is 12.0. The first-order valence-corrected chi connectivity index (χ1v) is 8.18. The smallest absolute Gasteiger partial charge is 0.395 e. The van der Waals surface area contributed by atoms with Crippen molar-refractivity contribution in [3.63, 3.8) is 0 Å². The van der Waals surface area contributed by atoms with Crippen LogP contribution >= 0.6 is 8.69 Å². The molecule has 0 saturated carbocycles. The van der Waals surface area contributed by atoms with Crippen molar-refractivity contribution in [3.05, 3.63) is 29.8 Å². The van der Waals surface area contributed by atoms with Crippen LogP contribution in [0.3, 0.4) is 0 Å². The fourth-order valence-electron chi connectivity index (χ4n) is 2.22. The Morgan fingerprint density at radius 3 is 2.05 bits per heavy atom. The molecule has 0 atom stereocenters. The monoisotopic (exact) mass is 280 g/mol. The quantitative estimate of drug-likeness (QED) is 0.369. The van der Waals surface area contributed by atoms with Crippen molar-refractivity contribution in [2.45, 2.75) is 64.7 Å². The average molecular weight is 280 g/mol. The minimum atomic E-state index is -0.287. The fraction of sp³-hybridized carbons (Fsp3) is 0.625. The molecule has 19 heavy (non-hydrogen) atoms. The highest BCUT2D eigenvalue weighted by Crippen LogP contribution is 2.17. The Morgan fingerprint density at radius 1 is 0.895 bits per heavy atom. The molecule has 0 aliphatic carbocycles. The van der Waals surface area contributed by atoms with E-state index in [1.807, 2.05) is 12.1 Å². The summed E-state index contributed by atoms with van der Waals surface area (Å²) in [5.41, 5.74) is 1.33. The Morgan fingerprint density at radius 2 is 1.47 bits per heavy atom. The SMILES string of the molecule is CCCCCCCCCCc1ccc(OP=O)cc1. The van der Waals surface area contributed by atoms with Crippen LogP contribution in [0.4, 0.5) is 0 Å². The third-order valence-corrected chi connectivity index (χ3v) is 3.67. The van der Waals surface area contributed by atoms with Crippen LogP contribution in [-0.2, 0) is 11.0 Å². The third-order valence-electron chi connectivity index (χ3n) is 3.39. The topological polar surface area (TPSA) is 26.3 Å². The van der Waals surface area contributed by atoms with Crippen LogP contribution in [0.2, 0.25) is 0 Å². The Bertz CT molecular complexity index is 335. The molecule has 0 amide bonds. The molecule has 0 aromatic heterocycles. The number of unbranched alkanes of at least 4 members (excludes halogenated alkanes) is 7.